The van der Waals surface area contributed by atoms with Crippen molar-refractivity contribution in [2.75, 3.05) is 17.2 Å². The monoisotopic (exact) mass is 325 g/mol. The Morgan fingerprint density at radius 3 is 2.25 bits per heavy atom. The van der Waals surface area contributed by atoms with Gasteiger partial charge in [-0.15, -0.1) is 0 Å². The van der Waals surface area contributed by atoms with Crippen molar-refractivity contribution in [1.82, 2.24) is 4.98 Å². The second-order valence-corrected chi connectivity index (χ2v) is 6.32. The summed E-state index contributed by atoms with van der Waals surface area (Å²) in [6, 6.07) is 9.83. The van der Waals surface area contributed by atoms with Gasteiger partial charge in [0.1, 0.15) is 5.82 Å². The van der Waals surface area contributed by atoms with E-state index in [0.717, 1.165) is 42.0 Å². The summed E-state index contributed by atoms with van der Waals surface area (Å²) >= 11 is 0. The molecule has 2 aromatic rings. The van der Waals surface area contributed by atoms with Crippen LogP contribution in [0.4, 0.5) is 11.5 Å². The Hall–Kier alpha value is -2.36. The lowest BCUT2D eigenvalue weighted by atomic mass is 10.0. The van der Waals surface area contributed by atoms with Gasteiger partial charge >= 0.3 is 0 Å². The zero-order chi connectivity index (χ0) is 17.5. The second-order valence-electron chi connectivity index (χ2n) is 6.32. The number of amides is 1. The molecule has 0 atom stereocenters. The lowest BCUT2D eigenvalue weighted by Gasteiger charge is -2.14. The Kier molecular flexibility index (Phi) is 6.36. The van der Waals surface area contributed by atoms with E-state index >= 15 is 0 Å². The molecule has 0 fully saturated rings. The molecular formula is C20H27N3O. The predicted molar refractivity (Wildman–Crippen MR) is 101 cm³/mol. The molecule has 128 valence electrons. The summed E-state index contributed by atoms with van der Waals surface area (Å²) in [5.74, 6) is 1.23. The van der Waals surface area contributed by atoms with E-state index in [2.05, 4.69) is 55.4 Å². The minimum atomic E-state index is -0.117. The van der Waals surface area contributed by atoms with E-state index in [0.29, 0.717) is 11.5 Å². The fourth-order valence-electron chi connectivity index (χ4n) is 2.53. The second kappa shape index (κ2) is 8.48. The molecule has 2 rings (SSSR count). The van der Waals surface area contributed by atoms with Crippen LogP contribution < -0.4 is 10.6 Å². The summed E-state index contributed by atoms with van der Waals surface area (Å²) in [5, 5.41) is 6.32. The Labute approximate surface area is 144 Å². The molecule has 24 heavy (non-hydrogen) atoms. The van der Waals surface area contributed by atoms with Crippen molar-refractivity contribution in [3.05, 3.63) is 53.2 Å². The highest BCUT2D eigenvalue weighted by molar-refractivity contribution is 6.05. The van der Waals surface area contributed by atoms with Crippen LogP contribution in [-0.4, -0.2) is 17.4 Å². The largest absolute Gasteiger partial charge is 0.370 e. The first-order chi connectivity index (χ1) is 11.5. The summed E-state index contributed by atoms with van der Waals surface area (Å²) in [5.41, 5.74) is 3.82. The summed E-state index contributed by atoms with van der Waals surface area (Å²) in [6.45, 7) is 9.35. The van der Waals surface area contributed by atoms with Gasteiger partial charge < -0.3 is 10.6 Å². The maximum atomic E-state index is 12.6. The zero-order valence-corrected chi connectivity index (χ0v) is 15.0. The van der Waals surface area contributed by atoms with E-state index < -0.39 is 0 Å². The molecule has 1 heterocycles. The van der Waals surface area contributed by atoms with Crippen molar-refractivity contribution < 1.29 is 4.79 Å². The predicted octanol–water partition coefficient (Wildman–Crippen LogP) is 4.53. The summed E-state index contributed by atoms with van der Waals surface area (Å²) in [6.07, 6.45) is 3.40. The van der Waals surface area contributed by atoms with Gasteiger partial charge in [0.05, 0.1) is 5.56 Å². The molecule has 1 aromatic carbocycles. The molecule has 2 N–H and O–H groups in total. The number of rotatable bonds is 7. The van der Waals surface area contributed by atoms with Crippen LogP contribution in [0.3, 0.4) is 0 Å². The van der Waals surface area contributed by atoms with Gasteiger partial charge in [-0.3, -0.25) is 4.79 Å². The van der Waals surface area contributed by atoms with Gasteiger partial charge in [0.15, 0.2) is 0 Å². The molecular weight excluding hydrogens is 298 g/mol. The van der Waals surface area contributed by atoms with Crippen LogP contribution in [-0.2, 0) is 12.8 Å². The number of pyridine rings is 1. The molecule has 0 aliphatic rings. The Morgan fingerprint density at radius 2 is 1.75 bits per heavy atom. The Balaban J connectivity index is 2.13. The molecule has 0 aliphatic heterocycles. The van der Waals surface area contributed by atoms with Gasteiger partial charge in [-0.25, -0.2) is 4.98 Å². The van der Waals surface area contributed by atoms with Crippen LogP contribution in [0.15, 0.2) is 36.5 Å². The number of aromatic nitrogens is 1. The molecule has 0 bridgehead atoms. The maximum Gasteiger partial charge on any atom is 0.257 e. The van der Waals surface area contributed by atoms with Crippen molar-refractivity contribution in [2.45, 2.75) is 40.5 Å². The van der Waals surface area contributed by atoms with Crippen molar-refractivity contribution in [1.29, 1.82) is 0 Å². The molecule has 0 aliphatic carbocycles. The minimum absolute atomic E-state index is 0.117. The standard InChI is InChI=1S/C20H27N3O/c1-5-15-8-7-9-16(6-2)19(15)23-20(24)17-10-11-18(22-13-17)21-12-14(3)4/h7-11,13-14H,5-6,12H2,1-4H3,(H,21,22)(H,23,24). The van der Waals surface area contributed by atoms with E-state index in [1.165, 1.54) is 0 Å². The smallest absolute Gasteiger partial charge is 0.257 e. The number of para-hydroxylation sites is 1. The van der Waals surface area contributed by atoms with E-state index in [-0.39, 0.29) is 5.91 Å². The molecule has 0 unspecified atom stereocenters. The van der Waals surface area contributed by atoms with Crippen LogP contribution in [0.1, 0.15) is 49.2 Å². The number of nitrogens with one attached hydrogen (secondary N) is 2. The van der Waals surface area contributed by atoms with Gasteiger partial charge in [-0.05, 0) is 42.0 Å². The molecule has 0 spiro atoms. The summed E-state index contributed by atoms with van der Waals surface area (Å²) in [4.78, 5) is 16.9. The third-order valence-electron chi connectivity index (χ3n) is 3.95. The summed E-state index contributed by atoms with van der Waals surface area (Å²) < 4.78 is 0. The lowest BCUT2D eigenvalue weighted by Crippen LogP contribution is -2.15. The quantitative estimate of drug-likeness (QED) is 0.786. The molecule has 1 amide bonds. The van der Waals surface area contributed by atoms with Crippen molar-refractivity contribution in [3.8, 4) is 0 Å². The minimum Gasteiger partial charge on any atom is -0.370 e. The fourth-order valence-corrected chi connectivity index (χ4v) is 2.53. The third kappa shape index (κ3) is 4.57. The van der Waals surface area contributed by atoms with Crippen LogP contribution >= 0.6 is 0 Å². The van der Waals surface area contributed by atoms with E-state index in [1.807, 2.05) is 18.2 Å². The normalized spacial score (nSPS) is 10.7. The SMILES string of the molecule is CCc1cccc(CC)c1NC(=O)c1ccc(NCC(C)C)nc1. The topological polar surface area (TPSA) is 54.0 Å². The number of carbonyl (C=O) groups is 1. The number of carbonyl (C=O) groups excluding carboxylic acids is 1. The van der Waals surface area contributed by atoms with Crippen LogP contribution in [0.2, 0.25) is 0 Å². The molecule has 4 nitrogen and oxygen atoms in total. The van der Waals surface area contributed by atoms with Crippen molar-refractivity contribution in [3.63, 3.8) is 0 Å². The number of hydrogen-bond donors (Lipinski definition) is 2. The van der Waals surface area contributed by atoms with Gasteiger partial charge in [-0.2, -0.15) is 0 Å². The maximum absolute atomic E-state index is 12.6. The molecule has 0 radical (unpaired) electrons. The fraction of sp³-hybridized carbons (Fsp3) is 0.400. The first-order valence-corrected chi connectivity index (χ1v) is 8.67. The van der Waals surface area contributed by atoms with Gasteiger partial charge in [0, 0.05) is 18.4 Å². The number of benzene rings is 1. The molecule has 1 aromatic heterocycles. The highest BCUT2D eigenvalue weighted by Crippen LogP contribution is 2.23. The number of hydrogen-bond acceptors (Lipinski definition) is 3. The third-order valence-corrected chi connectivity index (χ3v) is 3.95. The number of nitrogens with zero attached hydrogens (tertiary/aromatic N) is 1. The molecule has 0 saturated heterocycles. The van der Waals surface area contributed by atoms with Crippen molar-refractivity contribution in [2.24, 2.45) is 5.92 Å². The first kappa shape index (κ1) is 18.0. The molecule has 4 heteroatoms. The summed E-state index contributed by atoms with van der Waals surface area (Å²) in [7, 11) is 0. The number of aryl methyl sites for hydroxylation is 2. The van der Waals surface area contributed by atoms with Crippen LogP contribution in [0.25, 0.3) is 0 Å². The van der Waals surface area contributed by atoms with Gasteiger partial charge in [0.2, 0.25) is 0 Å². The van der Waals surface area contributed by atoms with Crippen LogP contribution in [0, 0.1) is 5.92 Å². The Morgan fingerprint density at radius 1 is 1.08 bits per heavy atom. The van der Waals surface area contributed by atoms with E-state index in [4.69, 9.17) is 0 Å². The first-order valence-electron chi connectivity index (χ1n) is 8.67. The highest BCUT2D eigenvalue weighted by Gasteiger charge is 2.12. The zero-order valence-electron chi connectivity index (χ0n) is 15.0. The van der Waals surface area contributed by atoms with Gasteiger partial charge in [-0.1, -0.05) is 45.9 Å². The van der Waals surface area contributed by atoms with E-state index in [9.17, 15) is 4.79 Å². The van der Waals surface area contributed by atoms with Crippen molar-refractivity contribution >= 4 is 17.4 Å². The highest BCUT2D eigenvalue weighted by atomic mass is 16.1. The molecule has 0 saturated carbocycles. The Bertz CT molecular complexity index is 656. The average Bonchev–Trinajstić information content (AvgIpc) is 2.60. The lowest BCUT2D eigenvalue weighted by molar-refractivity contribution is 0.102. The number of anilines is 2. The van der Waals surface area contributed by atoms with Gasteiger partial charge in [0.25, 0.3) is 5.91 Å². The van der Waals surface area contributed by atoms with Crippen LogP contribution in [0.5, 0.6) is 0 Å². The average molecular weight is 325 g/mol. The van der Waals surface area contributed by atoms with E-state index in [1.54, 1.807) is 6.20 Å².